The number of nitrogens with one attached hydrogen (secondary N) is 1. The van der Waals surface area contributed by atoms with Crippen LogP contribution in [0.15, 0.2) is 0 Å². The van der Waals surface area contributed by atoms with Crippen LogP contribution in [0.3, 0.4) is 0 Å². The maximum atomic E-state index is 12.5. The molecule has 0 spiro atoms. The SMILES string of the molecule is CCC(NCC(C#N)C(F)(F)F)C1CCCCC1. The number of nitrogens with zero attached hydrogens (tertiary/aromatic N) is 1. The summed E-state index contributed by atoms with van der Waals surface area (Å²) in [5.41, 5.74) is 0. The number of nitriles is 1. The Labute approximate surface area is 107 Å². The molecule has 2 nitrogen and oxygen atoms in total. The molecular formula is C13H21F3N2. The molecule has 0 amide bonds. The van der Waals surface area contributed by atoms with E-state index in [1.807, 2.05) is 6.92 Å². The van der Waals surface area contributed by atoms with Crippen molar-refractivity contribution in [1.82, 2.24) is 5.32 Å². The first-order valence-corrected chi connectivity index (χ1v) is 6.68. The fourth-order valence-electron chi connectivity index (χ4n) is 2.68. The van der Waals surface area contributed by atoms with Gasteiger partial charge >= 0.3 is 6.18 Å². The summed E-state index contributed by atoms with van der Waals surface area (Å²) >= 11 is 0. The van der Waals surface area contributed by atoms with Gasteiger partial charge in [-0.15, -0.1) is 0 Å². The van der Waals surface area contributed by atoms with Crippen LogP contribution in [0.5, 0.6) is 0 Å². The summed E-state index contributed by atoms with van der Waals surface area (Å²) in [4.78, 5) is 0. The van der Waals surface area contributed by atoms with Crippen LogP contribution in [0.25, 0.3) is 0 Å². The lowest BCUT2D eigenvalue weighted by Gasteiger charge is -2.31. The lowest BCUT2D eigenvalue weighted by Crippen LogP contribution is -2.42. The van der Waals surface area contributed by atoms with Gasteiger partial charge in [-0.3, -0.25) is 0 Å². The summed E-state index contributed by atoms with van der Waals surface area (Å²) < 4.78 is 37.4. The number of hydrogen-bond acceptors (Lipinski definition) is 2. The number of alkyl halides is 3. The molecule has 1 aliphatic rings. The molecule has 2 unspecified atom stereocenters. The second kappa shape index (κ2) is 6.98. The minimum absolute atomic E-state index is 0.114. The second-order valence-corrected chi connectivity index (χ2v) is 5.04. The van der Waals surface area contributed by atoms with Crippen LogP contribution in [0.4, 0.5) is 13.2 Å². The molecule has 0 bridgehead atoms. The molecule has 0 aromatic rings. The Balaban J connectivity index is 2.45. The summed E-state index contributed by atoms with van der Waals surface area (Å²) in [6, 6.07) is 1.45. The van der Waals surface area contributed by atoms with Gasteiger partial charge in [-0.2, -0.15) is 18.4 Å². The molecule has 0 heterocycles. The molecule has 1 rings (SSSR count). The van der Waals surface area contributed by atoms with Crippen molar-refractivity contribution in [2.75, 3.05) is 6.54 Å². The average molecular weight is 262 g/mol. The van der Waals surface area contributed by atoms with Crippen molar-refractivity contribution in [3.05, 3.63) is 0 Å². The van der Waals surface area contributed by atoms with Crippen LogP contribution < -0.4 is 5.32 Å². The molecule has 0 aromatic carbocycles. The molecule has 0 radical (unpaired) electrons. The first-order chi connectivity index (χ1) is 8.49. The highest BCUT2D eigenvalue weighted by Gasteiger charge is 2.40. The second-order valence-electron chi connectivity index (χ2n) is 5.04. The van der Waals surface area contributed by atoms with Gasteiger partial charge in [-0.25, -0.2) is 0 Å². The fourth-order valence-corrected chi connectivity index (χ4v) is 2.68. The zero-order valence-corrected chi connectivity index (χ0v) is 10.8. The molecule has 5 heteroatoms. The normalized spacial score (nSPS) is 21.3. The lowest BCUT2D eigenvalue weighted by molar-refractivity contribution is -0.158. The van der Waals surface area contributed by atoms with Gasteiger partial charge in [-0.05, 0) is 25.2 Å². The Morgan fingerprint density at radius 2 is 1.89 bits per heavy atom. The highest BCUT2D eigenvalue weighted by atomic mass is 19.4. The van der Waals surface area contributed by atoms with Crippen molar-refractivity contribution >= 4 is 0 Å². The Hall–Kier alpha value is -0.760. The molecule has 18 heavy (non-hydrogen) atoms. The highest BCUT2D eigenvalue weighted by Crippen LogP contribution is 2.29. The van der Waals surface area contributed by atoms with E-state index in [1.54, 1.807) is 0 Å². The average Bonchev–Trinajstić information content (AvgIpc) is 2.34. The van der Waals surface area contributed by atoms with Crippen molar-refractivity contribution < 1.29 is 13.2 Å². The largest absolute Gasteiger partial charge is 0.405 e. The minimum Gasteiger partial charge on any atom is -0.312 e. The van der Waals surface area contributed by atoms with E-state index in [0.29, 0.717) is 5.92 Å². The first-order valence-electron chi connectivity index (χ1n) is 6.68. The lowest BCUT2D eigenvalue weighted by atomic mass is 9.83. The van der Waals surface area contributed by atoms with E-state index in [2.05, 4.69) is 5.32 Å². The van der Waals surface area contributed by atoms with E-state index < -0.39 is 12.1 Å². The number of rotatable bonds is 5. The van der Waals surface area contributed by atoms with Gasteiger partial charge in [0, 0.05) is 12.6 Å². The molecule has 0 saturated heterocycles. The molecule has 0 aliphatic heterocycles. The fraction of sp³-hybridized carbons (Fsp3) is 0.923. The summed E-state index contributed by atoms with van der Waals surface area (Å²) in [5.74, 6) is -1.42. The maximum absolute atomic E-state index is 12.5. The predicted molar refractivity (Wildman–Crippen MR) is 63.8 cm³/mol. The van der Waals surface area contributed by atoms with Crippen molar-refractivity contribution in [2.24, 2.45) is 11.8 Å². The molecule has 1 aliphatic carbocycles. The van der Waals surface area contributed by atoms with E-state index in [1.165, 1.54) is 25.3 Å². The zero-order chi connectivity index (χ0) is 13.6. The van der Waals surface area contributed by atoms with Gasteiger partial charge in [0.1, 0.15) is 0 Å². The van der Waals surface area contributed by atoms with Gasteiger partial charge in [-0.1, -0.05) is 26.2 Å². The number of hydrogen-bond donors (Lipinski definition) is 1. The Morgan fingerprint density at radius 3 is 2.33 bits per heavy atom. The van der Waals surface area contributed by atoms with Crippen molar-refractivity contribution in [3.8, 4) is 6.07 Å². The third kappa shape index (κ3) is 4.49. The Bertz CT molecular complexity index is 277. The van der Waals surface area contributed by atoms with Gasteiger partial charge in [0.15, 0.2) is 5.92 Å². The van der Waals surface area contributed by atoms with Crippen LogP contribution in [0, 0.1) is 23.2 Å². The highest BCUT2D eigenvalue weighted by molar-refractivity contribution is 4.91. The van der Waals surface area contributed by atoms with Crippen LogP contribution in [-0.4, -0.2) is 18.8 Å². The predicted octanol–water partition coefficient (Wildman–Crippen LogP) is 3.64. The monoisotopic (exact) mass is 262 g/mol. The summed E-state index contributed by atoms with van der Waals surface area (Å²) in [6.45, 7) is 1.70. The van der Waals surface area contributed by atoms with Gasteiger partial charge in [0.2, 0.25) is 0 Å². The van der Waals surface area contributed by atoms with Crippen LogP contribution >= 0.6 is 0 Å². The van der Waals surface area contributed by atoms with Crippen LogP contribution in [0.2, 0.25) is 0 Å². The summed E-state index contributed by atoms with van der Waals surface area (Å²) in [7, 11) is 0. The standard InChI is InChI=1S/C13H21F3N2/c1-2-12(10-6-4-3-5-7-10)18-9-11(8-17)13(14,15)16/h10-12,18H,2-7,9H2,1H3. The Kier molecular flexibility index (Phi) is 5.94. The van der Waals surface area contributed by atoms with E-state index in [9.17, 15) is 13.2 Å². The topological polar surface area (TPSA) is 35.8 Å². The zero-order valence-electron chi connectivity index (χ0n) is 10.8. The number of halogens is 3. The van der Waals surface area contributed by atoms with E-state index >= 15 is 0 Å². The van der Waals surface area contributed by atoms with Crippen LogP contribution in [-0.2, 0) is 0 Å². The van der Waals surface area contributed by atoms with Crippen LogP contribution in [0.1, 0.15) is 45.4 Å². The van der Waals surface area contributed by atoms with Crippen molar-refractivity contribution in [1.29, 1.82) is 5.26 Å². The van der Waals surface area contributed by atoms with Gasteiger partial charge in [0.05, 0.1) is 6.07 Å². The molecule has 2 atom stereocenters. The van der Waals surface area contributed by atoms with E-state index in [4.69, 9.17) is 5.26 Å². The maximum Gasteiger partial charge on any atom is 0.405 e. The van der Waals surface area contributed by atoms with Gasteiger partial charge in [0.25, 0.3) is 0 Å². The molecular weight excluding hydrogens is 241 g/mol. The third-order valence-electron chi connectivity index (χ3n) is 3.79. The quantitative estimate of drug-likeness (QED) is 0.821. The molecule has 0 aromatic heterocycles. The molecule has 1 N–H and O–H groups in total. The van der Waals surface area contributed by atoms with Crippen molar-refractivity contribution in [2.45, 2.75) is 57.7 Å². The summed E-state index contributed by atoms with van der Waals surface area (Å²) in [6.07, 6.45) is 2.15. The smallest absolute Gasteiger partial charge is 0.312 e. The van der Waals surface area contributed by atoms with Gasteiger partial charge < -0.3 is 5.32 Å². The first kappa shape index (κ1) is 15.3. The third-order valence-corrected chi connectivity index (χ3v) is 3.79. The summed E-state index contributed by atoms with van der Waals surface area (Å²) in [5, 5.41) is 11.5. The minimum atomic E-state index is -4.42. The molecule has 104 valence electrons. The molecule has 1 fully saturated rings. The molecule has 1 saturated carbocycles. The Morgan fingerprint density at radius 1 is 1.28 bits per heavy atom. The van der Waals surface area contributed by atoms with E-state index in [-0.39, 0.29) is 12.6 Å². The van der Waals surface area contributed by atoms with Crippen molar-refractivity contribution in [3.63, 3.8) is 0 Å². The van der Waals surface area contributed by atoms with E-state index in [0.717, 1.165) is 19.3 Å².